The van der Waals surface area contributed by atoms with E-state index < -0.39 is 12.2 Å². The Morgan fingerprint density at radius 1 is 1.53 bits per heavy atom. The van der Waals surface area contributed by atoms with Gasteiger partial charge in [0.05, 0.1) is 6.10 Å². The Morgan fingerprint density at radius 2 is 2.24 bits per heavy atom. The van der Waals surface area contributed by atoms with Crippen LogP contribution in [0.3, 0.4) is 0 Å². The van der Waals surface area contributed by atoms with Crippen molar-refractivity contribution < 1.29 is 19.4 Å². The Labute approximate surface area is 99.3 Å². The van der Waals surface area contributed by atoms with Crippen LogP contribution >= 0.6 is 0 Å². The van der Waals surface area contributed by atoms with Crippen LogP contribution in [0.5, 0.6) is 11.5 Å². The summed E-state index contributed by atoms with van der Waals surface area (Å²) >= 11 is 0. The lowest BCUT2D eigenvalue weighted by Crippen LogP contribution is -2.45. The number of amides is 1. The predicted molar refractivity (Wildman–Crippen MR) is 61.0 cm³/mol. The van der Waals surface area contributed by atoms with Crippen LogP contribution in [0.15, 0.2) is 24.3 Å². The van der Waals surface area contributed by atoms with E-state index in [-0.39, 0.29) is 19.1 Å². The number of hydrogen-bond donors (Lipinski definition) is 2. The highest BCUT2D eigenvalue weighted by atomic mass is 16.6. The van der Waals surface area contributed by atoms with E-state index in [1.54, 1.807) is 19.1 Å². The van der Waals surface area contributed by atoms with Gasteiger partial charge in [-0.1, -0.05) is 12.1 Å². The molecule has 1 unspecified atom stereocenters. The van der Waals surface area contributed by atoms with Crippen LogP contribution in [0, 0.1) is 0 Å². The highest BCUT2D eigenvalue weighted by Crippen LogP contribution is 2.30. The summed E-state index contributed by atoms with van der Waals surface area (Å²) in [5.74, 6) is 0.934. The van der Waals surface area contributed by atoms with Crippen LogP contribution < -0.4 is 14.8 Å². The van der Waals surface area contributed by atoms with E-state index in [1.165, 1.54) is 0 Å². The Hall–Kier alpha value is -1.75. The van der Waals surface area contributed by atoms with Gasteiger partial charge in [0.1, 0.15) is 6.61 Å². The molecule has 2 N–H and O–H groups in total. The van der Waals surface area contributed by atoms with Gasteiger partial charge in [-0.2, -0.15) is 0 Å². The highest BCUT2D eigenvalue weighted by molar-refractivity contribution is 5.81. The van der Waals surface area contributed by atoms with Gasteiger partial charge in [0, 0.05) is 6.54 Å². The Bertz CT molecular complexity index is 405. The second kappa shape index (κ2) is 5.05. The molecule has 2 rings (SSSR count). The summed E-state index contributed by atoms with van der Waals surface area (Å²) in [7, 11) is 0. The zero-order valence-electron chi connectivity index (χ0n) is 9.55. The van der Waals surface area contributed by atoms with Crippen LogP contribution in [0.25, 0.3) is 0 Å². The molecule has 0 saturated heterocycles. The largest absolute Gasteiger partial charge is 0.485 e. The highest BCUT2D eigenvalue weighted by Gasteiger charge is 2.26. The number of ether oxygens (including phenoxy) is 2. The molecule has 0 aromatic heterocycles. The molecule has 0 radical (unpaired) electrons. The van der Waals surface area contributed by atoms with Gasteiger partial charge in [0.25, 0.3) is 5.91 Å². The molecule has 17 heavy (non-hydrogen) atoms. The van der Waals surface area contributed by atoms with Crippen molar-refractivity contribution in [2.75, 3.05) is 13.2 Å². The molecule has 1 aromatic rings. The minimum Gasteiger partial charge on any atom is -0.485 e. The molecule has 1 aromatic carbocycles. The number of carbonyl (C=O) groups is 1. The maximum absolute atomic E-state index is 11.7. The Morgan fingerprint density at radius 3 is 2.94 bits per heavy atom. The van der Waals surface area contributed by atoms with Crippen molar-refractivity contribution in [3.05, 3.63) is 24.3 Å². The van der Waals surface area contributed by atoms with Crippen molar-refractivity contribution >= 4 is 5.91 Å². The standard InChI is InChI=1S/C12H15NO4/c1-8(14)6-13-12(15)11-7-16-9-4-2-3-5-10(9)17-11/h2-5,8,11,14H,6-7H2,1H3,(H,13,15)/t8-,11?/m1/s1. The normalized spacial score (nSPS) is 19.5. The summed E-state index contributed by atoms with van der Waals surface area (Å²) in [6.45, 7) is 2.00. The zero-order chi connectivity index (χ0) is 12.3. The molecule has 0 bridgehead atoms. The van der Waals surface area contributed by atoms with Gasteiger partial charge in [-0.25, -0.2) is 0 Å². The lowest BCUT2D eigenvalue weighted by Gasteiger charge is -2.25. The lowest BCUT2D eigenvalue weighted by atomic mass is 10.2. The smallest absolute Gasteiger partial charge is 0.264 e. The maximum atomic E-state index is 11.7. The van der Waals surface area contributed by atoms with Gasteiger partial charge < -0.3 is 19.9 Å². The molecule has 0 saturated carbocycles. The van der Waals surface area contributed by atoms with Gasteiger partial charge in [0.2, 0.25) is 6.10 Å². The molecular weight excluding hydrogens is 222 g/mol. The molecule has 0 fully saturated rings. The first-order chi connectivity index (χ1) is 8.16. The van der Waals surface area contributed by atoms with Crippen molar-refractivity contribution in [1.29, 1.82) is 0 Å². The number of aliphatic hydroxyl groups excluding tert-OH is 1. The molecule has 0 aliphatic carbocycles. The van der Waals surface area contributed by atoms with Crippen molar-refractivity contribution in [3.8, 4) is 11.5 Å². The summed E-state index contributed by atoms with van der Waals surface area (Å²) in [6, 6.07) is 7.21. The van der Waals surface area contributed by atoms with Gasteiger partial charge in [-0.05, 0) is 19.1 Å². The molecule has 1 amide bonds. The molecule has 1 heterocycles. The van der Waals surface area contributed by atoms with Gasteiger partial charge in [-0.15, -0.1) is 0 Å². The first kappa shape index (κ1) is 11.7. The van der Waals surface area contributed by atoms with Crippen molar-refractivity contribution in [2.24, 2.45) is 0 Å². The SMILES string of the molecule is C[C@@H](O)CNC(=O)C1COc2ccccc2O1. The third-order valence-electron chi connectivity index (χ3n) is 2.37. The number of carbonyl (C=O) groups excluding carboxylic acids is 1. The monoisotopic (exact) mass is 237 g/mol. The second-order valence-electron chi connectivity index (χ2n) is 3.96. The van der Waals surface area contributed by atoms with E-state index in [1.807, 2.05) is 12.1 Å². The Balaban J connectivity index is 1.95. The number of nitrogens with one attached hydrogen (secondary N) is 1. The van der Waals surface area contributed by atoms with Crippen molar-refractivity contribution in [1.82, 2.24) is 5.32 Å². The van der Waals surface area contributed by atoms with E-state index in [4.69, 9.17) is 14.6 Å². The van der Waals surface area contributed by atoms with Crippen molar-refractivity contribution in [3.63, 3.8) is 0 Å². The summed E-state index contributed by atoms with van der Waals surface area (Å²) in [4.78, 5) is 11.7. The molecule has 92 valence electrons. The number of rotatable bonds is 3. The fraction of sp³-hybridized carbons (Fsp3) is 0.417. The number of fused-ring (bicyclic) bond motifs is 1. The van der Waals surface area contributed by atoms with Crippen LogP contribution in [-0.4, -0.2) is 36.4 Å². The average Bonchev–Trinajstić information content (AvgIpc) is 2.35. The quantitative estimate of drug-likeness (QED) is 0.794. The summed E-state index contributed by atoms with van der Waals surface area (Å²) < 4.78 is 10.9. The second-order valence-corrected chi connectivity index (χ2v) is 3.96. The molecule has 1 aliphatic heterocycles. The van der Waals surface area contributed by atoms with E-state index in [0.29, 0.717) is 11.5 Å². The number of benzene rings is 1. The lowest BCUT2D eigenvalue weighted by molar-refractivity contribution is -0.130. The molecule has 0 spiro atoms. The summed E-state index contributed by atoms with van der Waals surface area (Å²) in [5.41, 5.74) is 0. The van der Waals surface area contributed by atoms with E-state index in [9.17, 15) is 4.79 Å². The third kappa shape index (κ3) is 2.88. The summed E-state index contributed by atoms with van der Waals surface area (Å²) in [5, 5.41) is 11.7. The topological polar surface area (TPSA) is 67.8 Å². The van der Waals surface area contributed by atoms with Crippen LogP contribution in [-0.2, 0) is 4.79 Å². The van der Waals surface area contributed by atoms with E-state index in [2.05, 4.69) is 5.32 Å². The fourth-order valence-corrected chi connectivity index (χ4v) is 1.51. The molecule has 5 heteroatoms. The van der Waals surface area contributed by atoms with Crippen LogP contribution in [0.2, 0.25) is 0 Å². The fourth-order valence-electron chi connectivity index (χ4n) is 1.51. The van der Waals surface area contributed by atoms with Gasteiger partial charge in [0.15, 0.2) is 11.5 Å². The number of aliphatic hydroxyl groups is 1. The number of para-hydroxylation sites is 2. The third-order valence-corrected chi connectivity index (χ3v) is 2.37. The maximum Gasteiger partial charge on any atom is 0.264 e. The predicted octanol–water partition coefficient (Wildman–Crippen LogP) is 0.323. The van der Waals surface area contributed by atoms with Crippen molar-refractivity contribution in [2.45, 2.75) is 19.1 Å². The molecule has 2 atom stereocenters. The number of hydrogen-bond acceptors (Lipinski definition) is 4. The minimum atomic E-state index is -0.663. The summed E-state index contributed by atoms with van der Waals surface area (Å²) in [6.07, 6.45) is -1.24. The zero-order valence-corrected chi connectivity index (χ0v) is 9.55. The molecular formula is C12H15NO4. The minimum absolute atomic E-state index is 0.183. The van der Waals surface area contributed by atoms with E-state index in [0.717, 1.165) is 0 Å². The molecule has 5 nitrogen and oxygen atoms in total. The van der Waals surface area contributed by atoms with Crippen LogP contribution in [0.4, 0.5) is 0 Å². The van der Waals surface area contributed by atoms with E-state index >= 15 is 0 Å². The first-order valence-electron chi connectivity index (χ1n) is 5.51. The van der Waals surface area contributed by atoms with Gasteiger partial charge >= 0.3 is 0 Å². The van der Waals surface area contributed by atoms with Crippen LogP contribution in [0.1, 0.15) is 6.92 Å². The first-order valence-corrected chi connectivity index (χ1v) is 5.51. The van der Waals surface area contributed by atoms with Gasteiger partial charge in [-0.3, -0.25) is 4.79 Å². The average molecular weight is 237 g/mol. The Kier molecular flexibility index (Phi) is 3.49. The molecule has 1 aliphatic rings.